The molecule has 0 aromatic heterocycles. The van der Waals surface area contributed by atoms with E-state index >= 15 is 0 Å². The monoisotopic (exact) mass is 336 g/mol. The first kappa shape index (κ1) is 21.2. The van der Waals surface area contributed by atoms with Crippen LogP contribution >= 0.6 is 0 Å². The lowest BCUT2D eigenvalue weighted by atomic mass is 9.82. The van der Waals surface area contributed by atoms with Gasteiger partial charge in [0.25, 0.3) is 0 Å². The van der Waals surface area contributed by atoms with Gasteiger partial charge in [0.2, 0.25) is 0 Å². The zero-order chi connectivity index (χ0) is 17.8. The van der Waals surface area contributed by atoms with Crippen LogP contribution in [-0.4, -0.2) is 12.7 Å². The number of hydrogen-bond donors (Lipinski definition) is 0. The molecule has 0 N–H and O–H groups in total. The van der Waals surface area contributed by atoms with Crippen molar-refractivity contribution in [2.45, 2.75) is 90.6 Å². The Labute approximate surface area is 149 Å². The molecule has 0 saturated carbocycles. The third kappa shape index (κ3) is 8.28. The summed E-state index contributed by atoms with van der Waals surface area (Å²) < 4.78 is 18.7. The van der Waals surface area contributed by atoms with Crippen LogP contribution in [0.3, 0.4) is 0 Å². The third-order valence-corrected chi connectivity index (χ3v) is 5.35. The molecule has 0 fully saturated rings. The van der Waals surface area contributed by atoms with Crippen molar-refractivity contribution in [2.75, 3.05) is 7.11 Å². The summed E-state index contributed by atoms with van der Waals surface area (Å²) >= 11 is 0. The Morgan fingerprint density at radius 2 is 1.50 bits per heavy atom. The Balaban J connectivity index is 2.37. The van der Waals surface area contributed by atoms with E-state index in [2.05, 4.69) is 20.8 Å². The highest BCUT2D eigenvalue weighted by Crippen LogP contribution is 2.30. The van der Waals surface area contributed by atoms with Gasteiger partial charge in [-0.2, -0.15) is 0 Å². The number of halogens is 1. The minimum atomic E-state index is -0.153. The van der Waals surface area contributed by atoms with Crippen LogP contribution in [-0.2, 0) is 11.2 Å². The molecule has 0 spiro atoms. The van der Waals surface area contributed by atoms with E-state index in [0.717, 1.165) is 12.8 Å². The topological polar surface area (TPSA) is 9.23 Å². The maximum Gasteiger partial charge on any atom is 0.123 e. The first-order chi connectivity index (χ1) is 11.5. The van der Waals surface area contributed by atoms with Gasteiger partial charge in [-0.25, -0.2) is 4.39 Å². The summed E-state index contributed by atoms with van der Waals surface area (Å²) in [6.45, 7) is 6.69. The molecule has 1 rings (SSSR count). The van der Waals surface area contributed by atoms with E-state index in [1.807, 2.05) is 19.2 Å². The number of aryl methyl sites for hydroxylation is 1. The number of rotatable bonds is 13. The molecular formula is C22H37FO. The smallest absolute Gasteiger partial charge is 0.123 e. The first-order valence-electron chi connectivity index (χ1n) is 9.79. The molecule has 24 heavy (non-hydrogen) atoms. The molecule has 0 saturated heterocycles. The van der Waals surface area contributed by atoms with Crippen molar-refractivity contribution in [2.24, 2.45) is 5.92 Å². The molecule has 1 aromatic rings. The molecule has 0 bridgehead atoms. The minimum absolute atomic E-state index is 0.0633. The maximum absolute atomic E-state index is 13.0. The van der Waals surface area contributed by atoms with Crippen molar-refractivity contribution in [3.63, 3.8) is 0 Å². The average Bonchev–Trinajstić information content (AvgIpc) is 2.57. The Hall–Kier alpha value is -0.890. The van der Waals surface area contributed by atoms with E-state index in [0.29, 0.717) is 5.92 Å². The Kier molecular flexibility index (Phi) is 10.2. The average molecular weight is 337 g/mol. The fourth-order valence-electron chi connectivity index (χ4n) is 3.38. The van der Waals surface area contributed by atoms with E-state index in [9.17, 15) is 4.39 Å². The van der Waals surface area contributed by atoms with Crippen LogP contribution in [0.2, 0.25) is 0 Å². The summed E-state index contributed by atoms with van der Waals surface area (Å²) in [5.41, 5.74) is 1.16. The van der Waals surface area contributed by atoms with E-state index in [4.69, 9.17) is 4.74 Å². The van der Waals surface area contributed by atoms with Gasteiger partial charge in [-0.3, -0.25) is 0 Å². The summed E-state index contributed by atoms with van der Waals surface area (Å²) in [6.07, 6.45) is 12.6. The molecule has 1 atom stereocenters. The van der Waals surface area contributed by atoms with Gasteiger partial charge in [0.05, 0.1) is 5.60 Å². The number of unbranched alkanes of at least 4 members (excludes halogenated alkanes) is 5. The fraction of sp³-hybridized carbons (Fsp3) is 0.727. The molecule has 0 aliphatic rings. The molecule has 0 heterocycles. The number of methoxy groups -OCH3 is 1. The Morgan fingerprint density at radius 1 is 0.917 bits per heavy atom. The second kappa shape index (κ2) is 11.6. The second-order valence-corrected chi connectivity index (χ2v) is 7.58. The lowest BCUT2D eigenvalue weighted by Gasteiger charge is -2.33. The summed E-state index contributed by atoms with van der Waals surface area (Å²) in [4.78, 5) is 0. The molecule has 2 heteroatoms. The first-order valence-corrected chi connectivity index (χ1v) is 9.79. The van der Waals surface area contributed by atoms with Crippen molar-refractivity contribution in [1.29, 1.82) is 0 Å². The maximum atomic E-state index is 13.0. The highest BCUT2D eigenvalue weighted by Gasteiger charge is 2.28. The lowest BCUT2D eigenvalue weighted by Crippen LogP contribution is -2.33. The van der Waals surface area contributed by atoms with Gasteiger partial charge in [-0.1, -0.05) is 57.6 Å². The lowest BCUT2D eigenvalue weighted by molar-refractivity contribution is -0.0350. The molecule has 0 radical (unpaired) electrons. The molecule has 1 aromatic carbocycles. The van der Waals surface area contributed by atoms with E-state index < -0.39 is 0 Å². The molecule has 0 amide bonds. The predicted octanol–water partition coefficient (Wildman–Crippen LogP) is 6.94. The summed E-state index contributed by atoms with van der Waals surface area (Å²) in [5.74, 6) is 0.439. The SMILES string of the molecule is CCCCCCCCC(CCCc1ccc(F)cc1)C(C)(C)OC. The van der Waals surface area contributed by atoms with Crippen LogP contribution in [0.1, 0.15) is 84.1 Å². The Bertz CT molecular complexity index is 424. The largest absolute Gasteiger partial charge is 0.379 e. The van der Waals surface area contributed by atoms with E-state index in [1.165, 1.54) is 56.9 Å². The quantitative estimate of drug-likeness (QED) is 0.354. The number of hydrogen-bond acceptors (Lipinski definition) is 1. The highest BCUT2D eigenvalue weighted by molar-refractivity contribution is 5.16. The van der Waals surface area contributed by atoms with Crippen molar-refractivity contribution in [3.05, 3.63) is 35.6 Å². The van der Waals surface area contributed by atoms with E-state index in [-0.39, 0.29) is 11.4 Å². The molecule has 0 aliphatic carbocycles. The van der Waals surface area contributed by atoms with Crippen LogP contribution in [0.15, 0.2) is 24.3 Å². The normalized spacial score (nSPS) is 13.2. The van der Waals surface area contributed by atoms with E-state index in [1.54, 1.807) is 12.1 Å². The van der Waals surface area contributed by atoms with Gasteiger partial charge in [0, 0.05) is 7.11 Å². The number of benzene rings is 1. The van der Waals surface area contributed by atoms with Crippen molar-refractivity contribution >= 4 is 0 Å². The fourth-order valence-corrected chi connectivity index (χ4v) is 3.38. The van der Waals surface area contributed by atoms with Crippen molar-refractivity contribution in [1.82, 2.24) is 0 Å². The summed E-state index contributed by atoms with van der Waals surface area (Å²) in [5, 5.41) is 0. The second-order valence-electron chi connectivity index (χ2n) is 7.58. The molecule has 0 aliphatic heterocycles. The summed E-state index contributed by atoms with van der Waals surface area (Å²) in [6, 6.07) is 6.92. The van der Waals surface area contributed by atoms with Gasteiger partial charge in [0.1, 0.15) is 5.82 Å². The van der Waals surface area contributed by atoms with Gasteiger partial charge < -0.3 is 4.74 Å². The Morgan fingerprint density at radius 3 is 2.12 bits per heavy atom. The highest BCUT2D eigenvalue weighted by atomic mass is 19.1. The van der Waals surface area contributed by atoms with Gasteiger partial charge in [-0.05, 0) is 63.1 Å². The van der Waals surface area contributed by atoms with Crippen molar-refractivity contribution in [3.8, 4) is 0 Å². The van der Waals surface area contributed by atoms with Crippen LogP contribution < -0.4 is 0 Å². The molecule has 1 unspecified atom stereocenters. The standard InChI is InChI=1S/C22H37FO/c1-5-6-7-8-9-10-13-20(22(2,3)24-4)14-11-12-19-15-17-21(23)18-16-19/h15-18,20H,5-14H2,1-4H3. The zero-order valence-electron chi connectivity index (χ0n) is 16.2. The minimum Gasteiger partial charge on any atom is -0.379 e. The van der Waals surface area contributed by atoms with Crippen molar-refractivity contribution < 1.29 is 9.13 Å². The molecule has 138 valence electrons. The predicted molar refractivity (Wildman–Crippen MR) is 102 cm³/mol. The van der Waals surface area contributed by atoms with Crippen LogP contribution in [0.5, 0.6) is 0 Å². The molecule has 1 nitrogen and oxygen atoms in total. The zero-order valence-corrected chi connectivity index (χ0v) is 16.2. The summed E-state index contributed by atoms with van der Waals surface area (Å²) in [7, 11) is 1.83. The van der Waals surface area contributed by atoms with Crippen LogP contribution in [0.25, 0.3) is 0 Å². The van der Waals surface area contributed by atoms with Crippen LogP contribution in [0.4, 0.5) is 4.39 Å². The van der Waals surface area contributed by atoms with Gasteiger partial charge in [0.15, 0.2) is 0 Å². The number of ether oxygens (including phenoxy) is 1. The third-order valence-electron chi connectivity index (χ3n) is 5.35. The van der Waals surface area contributed by atoms with Gasteiger partial charge in [-0.15, -0.1) is 0 Å². The van der Waals surface area contributed by atoms with Gasteiger partial charge >= 0.3 is 0 Å². The van der Waals surface area contributed by atoms with Crippen LogP contribution in [0, 0.1) is 11.7 Å². The molecular weight excluding hydrogens is 299 g/mol.